The molecule has 0 unspecified atom stereocenters. The van der Waals surface area contributed by atoms with Gasteiger partial charge >= 0.3 is 0 Å². The fourth-order valence-corrected chi connectivity index (χ4v) is 1.99. The molecule has 0 amide bonds. The van der Waals surface area contributed by atoms with Crippen molar-refractivity contribution in [1.29, 1.82) is 0 Å². The Hall–Kier alpha value is -2.69. The molecule has 2 N–H and O–H groups in total. The molecule has 0 aliphatic carbocycles. The summed E-state index contributed by atoms with van der Waals surface area (Å²) in [7, 11) is 0. The van der Waals surface area contributed by atoms with Crippen LogP contribution in [0.15, 0.2) is 54.4 Å². The maximum Gasteiger partial charge on any atom is 0.192 e. The van der Waals surface area contributed by atoms with Gasteiger partial charge in [-0.2, -0.15) is 0 Å². The van der Waals surface area contributed by atoms with Crippen molar-refractivity contribution >= 4 is 17.2 Å². The van der Waals surface area contributed by atoms with Crippen LogP contribution in [-0.4, -0.2) is 5.78 Å². The number of benzene rings is 2. The smallest absolute Gasteiger partial charge is 0.192 e. The first-order chi connectivity index (χ1) is 9.63. The van der Waals surface area contributed by atoms with E-state index in [4.69, 9.17) is 0 Å². The van der Waals surface area contributed by atoms with E-state index in [2.05, 4.69) is 10.6 Å². The van der Waals surface area contributed by atoms with E-state index in [1.54, 1.807) is 0 Å². The predicted octanol–water partition coefficient (Wildman–Crippen LogP) is 3.53. The minimum absolute atomic E-state index is 0.294. The zero-order valence-corrected chi connectivity index (χ0v) is 10.3. The fourth-order valence-electron chi connectivity index (χ4n) is 1.99. The number of para-hydroxylation sites is 2. The molecule has 1 aliphatic heterocycles. The summed E-state index contributed by atoms with van der Waals surface area (Å²) in [5.74, 6) is -1.57. The van der Waals surface area contributed by atoms with Crippen molar-refractivity contribution in [2.75, 3.05) is 10.6 Å². The van der Waals surface area contributed by atoms with Crippen LogP contribution >= 0.6 is 0 Å². The average Bonchev–Trinajstić information content (AvgIpc) is 2.83. The van der Waals surface area contributed by atoms with Gasteiger partial charge in [-0.3, -0.25) is 4.79 Å². The number of ketones is 1. The maximum atomic E-state index is 13.5. The maximum absolute atomic E-state index is 13.5. The third-order valence-corrected chi connectivity index (χ3v) is 2.94. The molecule has 3 nitrogen and oxygen atoms in total. The molecule has 2 aromatic rings. The Kier molecular flexibility index (Phi) is 2.95. The second-order valence-electron chi connectivity index (χ2n) is 4.34. The minimum atomic E-state index is -0.747. The van der Waals surface area contributed by atoms with E-state index in [9.17, 15) is 13.6 Å². The lowest BCUT2D eigenvalue weighted by atomic mass is 10.1. The number of hydrogen-bond donors (Lipinski definition) is 2. The van der Waals surface area contributed by atoms with Gasteiger partial charge in [-0.15, -0.1) is 0 Å². The molecule has 0 aromatic heterocycles. The highest BCUT2D eigenvalue weighted by molar-refractivity contribution is 6.06. The predicted molar refractivity (Wildman–Crippen MR) is 72.5 cm³/mol. The van der Waals surface area contributed by atoms with Gasteiger partial charge in [0.1, 0.15) is 17.5 Å². The topological polar surface area (TPSA) is 41.1 Å². The lowest BCUT2D eigenvalue weighted by molar-refractivity contribution is 0.104. The molecule has 100 valence electrons. The molecular weight excluding hydrogens is 262 g/mol. The zero-order chi connectivity index (χ0) is 14.1. The third kappa shape index (κ3) is 2.25. The fraction of sp³-hybridized carbons (Fsp3) is 0. The van der Waals surface area contributed by atoms with E-state index < -0.39 is 17.4 Å². The minimum Gasteiger partial charge on any atom is -0.340 e. The molecular formula is C15H10F2N2O. The van der Waals surface area contributed by atoms with Crippen LogP contribution in [0.4, 0.5) is 20.2 Å². The Bertz CT molecular complexity index is 699. The molecule has 0 saturated carbocycles. The number of carbonyl (C=O) groups excluding carboxylic acids is 1. The molecule has 0 saturated heterocycles. The van der Waals surface area contributed by atoms with Crippen LogP contribution < -0.4 is 10.6 Å². The van der Waals surface area contributed by atoms with Gasteiger partial charge in [-0.05, 0) is 30.3 Å². The molecule has 20 heavy (non-hydrogen) atoms. The lowest BCUT2D eigenvalue weighted by Gasteiger charge is -2.02. The van der Waals surface area contributed by atoms with E-state index in [0.717, 1.165) is 29.6 Å². The van der Waals surface area contributed by atoms with Crippen LogP contribution in [0.3, 0.4) is 0 Å². The molecule has 0 atom stereocenters. The molecule has 0 spiro atoms. The van der Waals surface area contributed by atoms with E-state index in [1.165, 1.54) is 6.08 Å². The zero-order valence-electron chi connectivity index (χ0n) is 10.3. The van der Waals surface area contributed by atoms with Crippen molar-refractivity contribution in [2.24, 2.45) is 0 Å². The highest BCUT2D eigenvalue weighted by Crippen LogP contribution is 2.29. The highest BCUT2D eigenvalue weighted by atomic mass is 19.1. The number of fused-ring (bicyclic) bond motifs is 1. The monoisotopic (exact) mass is 272 g/mol. The van der Waals surface area contributed by atoms with Gasteiger partial charge in [-0.25, -0.2) is 8.78 Å². The Morgan fingerprint density at radius 2 is 1.65 bits per heavy atom. The van der Waals surface area contributed by atoms with Crippen molar-refractivity contribution in [3.63, 3.8) is 0 Å². The van der Waals surface area contributed by atoms with Crippen LogP contribution in [-0.2, 0) is 0 Å². The van der Waals surface area contributed by atoms with Crippen LogP contribution in [0, 0.1) is 11.6 Å². The molecule has 5 heteroatoms. The second-order valence-corrected chi connectivity index (χ2v) is 4.34. The molecule has 1 aliphatic rings. The van der Waals surface area contributed by atoms with Crippen LogP contribution in [0.1, 0.15) is 10.4 Å². The number of rotatable bonds is 2. The lowest BCUT2D eigenvalue weighted by Crippen LogP contribution is -2.06. The van der Waals surface area contributed by atoms with Crippen molar-refractivity contribution in [2.45, 2.75) is 0 Å². The summed E-state index contributed by atoms with van der Waals surface area (Å²) in [5, 5.41) is 5.96. The van der Waals surface area contributed by atoms with Crippen LogP contribution in [0.5, 0.6) is 0 Å². The Balaban J connectivity index is 1.87. The molecule has 0 radical (unpaired) electrons. The number of carbonyl (C=O) groups is 1. The van der Waals surface area contributed by atoms with Gasteiger partial charge in [0, 0.05) is 6.08 Å². The number of nitrogens with one attached hydrogen (secondary N) is 2. The molecule has 3 rings (SSSR count). The van der Waals surface area contributed by atoms with Gasteiger partial charge in [0.15, 0.2) is 5.78 Å². The summed E-state index contributed by atoms with van der Waals surface area (Å²) < 4.78 is 26.6. The Morgan fingerprint density at radius 3 is 2.30 bits per heavy atom. The number of hydrogen-bond acceptors (Lipinski definition) is 3. The highest BCUT2D eigenvalue weighted by Gasteiger charge is 2.16. The normalized spacial score (nSPS) is 12.4. The van der Waals surface area contributed by atoms with Crippen LogP contribution in [0.25, 0.3) is 0 Å². The van der Waals surface area contributed by atoms with Gasteiger partial charge in [-0.1, -0.05) is 12.1 Å². The van der Waals surface area contributed by atoms with Gasteiger partial charge in [0.25, 0.3) is 0 Å². The first-order valence-corrected chi connectivity index (χ1v) is 5.97. The second kappa shape index (κ2) is 4.77. The molecule has 2 aromatic carbocycles. The Labute approximate surface area is 113 Å². The summed E-state index contributed by atoms with van der Waals surface area (Å²) in [6.45, 7) is 0. The first kappa shape index (κ1) is 12.3. The van der Waals surface area contributed by atoms with Gasteiger partial charge < -0.3 is 10.6 Å². The van der Waals surface area contributed by atoms with E-state index in [-0.39, 0.29) is 5.56 Å². The molecule has 0 fully saturated rings. The number of anilines is 2. The summed E-state index contributed by atoms with van der Waals surface area (Å²) >= 11 is 0. The summed E-state index contributed by atoms with van der Waals surface area (Å²) in [5.41, 5.74) is 1.36. The largest absolute Gasteiger partial charge is 0.340 e. The third-order valence-electron chi connectivity index (χ3n) is 2.94. The van der Waals surface area contributed by atoms with E-state index >= 15 is 0 Å². The van der Waals surface area contributed by atoms with Crippen LogP contribution in [0.2, 0.25) is 0 Å². The SMILES string of the molecule is O=C(C=C1Nc2ccccc2N1)c1cc(F)ccc1F. The first-order valence-electron chi connectivity index (χ1n) is 5.97. The number of allylic oxidation sites excluding steroid dienone is 1. The van der Waals surface area contributed by atoms with E-state index in [1.807, 2.05) is 24.3 Å². The number of halogens is 2. The van der Waals surface area contributed by atoms with E-state index in [0.29, 0.717) is 5.82 Å². The molecule has 0 bridgehead atoms. The average molecular weight is 272 g/mol. The van der Waals surface area contributed by atoms with Gasteiger partial charge in [0.05, 0.1) is 16.9 Å². The quantitative estimate of drug-likeness (QED) is 0.649. The van der Waals surface area contributed by atoms with Crippen molar-refractivity contribution < 1.29 is 13.6 Å². The van der Waals surface area contributed by atoms with Crippen molar-refractivity contribution in [3.8, 4) is 0 Å². The van der Waals surface area contributed by atoms with Gasteiger partial charge in [0.2, 0.25) is 0 Å². The molecule has 1 heterocycles. The summed E-state index contributed by atoms with van der Waals surface area (Å²) in [6, 6.07) is 10.2. The van der Waals surface area contributed by atoms with Crippen molar-refractivity contribution in [1.82, 2.24) is 0 Å². The summed E-state index contributed by atoms with van der Waals surface area (Å²) in [4.78, 5) is 12.0. The standard InChI is InChI=1S/C15H10F2N2O/c16-9-5-6-11(17)10(7-9)14(20)8-15-18-12-3-1-2-4-13(12)19-15/h1-8,18-19H. The Morgan fingerprint density at radius 1 is 1.00 bits per heavy atom. The summed E-state index contributed by atoms with van der Waals surface area (Å²) in [6.07, 6.45) is 1.21. The van der Waals surface area contributed by atoms with Crippen molar-refractivity contribution in [3.05, 3.63) is 71.6 Å².